The number of nitrogens with zero attached hydrogens (tertiary/aromatic N) is 3. The number of pyridine rings is 1. The molecule has 6 nitrogen and oxygen atoms in total. The Morgan fingerprint density at radius 3 is 3.03 bits per heavy atom. The maximum Gasteiger partial charge on any atom is 0.281 e. The molecule has 1 aromatic carbocycles. The molecule has 0 fully saturated rings. The largest absolute Gasteiger partial charge is 0.339 e. The third kappa shape index (κ3) is 2.91. The third-order valence-electron chi connectivity index (χ3n) is 5.60. The molecule has 1 atom stereocenters. The van der Waals surface area contributed by atoms with E-state index in [1.54, 1.807) is 16.8 Å². The number of hydrogen-bond acceptors (Lipinski definition) is 5. The number of nitrogens with one attached hydrogen (secondary N) is 1. The Kier molecular flexibility index (Phi) is 4.57. The molecule has 3 N–H and O–H groups in total. The SMILES string of the molecule is NCC1(NC(=O)c2nc(-c3cnn4ccccc34)c(Cl)s2)CCc2c(F)cccc21. The fourth-order valence-corrected chi connectivity index (χ4v) is 5.15. The van der Waals surface area contributed by atoms with Crippen LogP contribution in [0.25, 0.3) is 16.8 Å². The molecule has 1 aliphatic rings. The zero-order valence-electron chi connectivity index (χ0n) is 15.7. The molecular formula is C21H17ClFN5OS. The zero-order valence-corrected chi connectivity index (χ0v) is 17.3. The van der Waals surface area contributed by atoms with Crippen molar-refractivity contribution >= 4 is 34.4 Å². The van der Waals surface area contributed by atoms with E-state index in [0.717, 1.165) is 28.0 Å². The van der Waals surface area contributed by atoms with Gasteiger partial charge in [-0.25, -0.2) is 13.9 Å². The summed E-state index contributed by atoms with van der Waals surface area (Å²) in [5.74, 6) is -0.656. The molecule has 3 aromatic heterocycles. The quantitative estimate of drug-likeness (QED) is 0.504. The second-order valence-electron chi connectivity index (χ2n) is 7.24. The minimum atomic E-state index is -0.822. The lowest BCUT2D eigenvalue weighted by atomic mass is 9.91. The minimum absolute atomic E-state index is 0.162. The van der Waals surface area contributed by atoms with Gasteiger partial charge in [0.05, 0.1) is 17.3 Å². The van der Waals surface area contributed by atoms with Crippen molar-refractivity contribution in [2.24, 2.45) is 5.73 Å². The minimum Gasteiger partial charge on any atom is -0.339 e. The summed E-state index contributed by atoms with van der Waals surface area (Å²) in [5, 5.41) is 7.53. The van der Waals surface area contributed by atoms with E-state index < -0.39 is 5.54 Å². The monoisotopic (exact) mass is 441 g/mol. The first-order valence-electron chi connectivity index (χ1n) is 9.42. The van der Waals surface area contributed by atoms with Crippen LogP contribution in [0.2, 0.25) is 4.34 Å². The molecule has 0 saturated carbocycles. The molecule has 30 heavy (non-hydrogen) atoms. The van der Waals surface area contributed by atoms with Crippen molar-refractivity contribution in [2.75, 3.05) is 6.54 Å². The summed E-state index contributed by atoms with van der Waals surface area (Å²) in [5.41, 5.74) is 8.65. The van der Waals surface area contributed by atoms with Crippen molar-refractivity contribution < 1.29 is 9.18 Å². The van der Waals surface area contributed by atoms with Crippen LogP contribution in [-0.2, 0) is 12.0 Å². The van der Waals surface area contributed by atoms with Gasteiger partial charge in [0, 0.05) is 18.3 Å². The number of hydrogen-bond donors (Lipinski definition) is 2. The predicted molar refractivity (Wildman–Crippen MR) is 114 cm³/mol. The number of carbonyl (C=O) groups excluding carboxylic acids is 1. The van der Waals surface area contributed by atoms with Crippen LogP contribution in [0.4, 0.5) is 4.39 Å². The van der Waals surface area contributed by atoms with Crippen molar-refractivity contribution in [2.45, 2.75) is 18.4 Å². The lowest BCUT2D eigenvalue weighted by Gasteiger charge is -2.30. The van der Waals surface area contributed by atoms with Crippen LogP contribution in [0.5, 0.6) is 0 Å². The maximum absolute atomic E-state index is 14.2. The van der Waals surface area contributed by atoms with Gasteiger partial charge < -0.3 is 11.1 Å². The number of aromatic nitrogens is 3. The van der Waals surface area contributed by atoms with E-state index in [0.29, 0.717) is 28.4 Å². The van der Waals surface area contributed by atoms with E-state index in [-0.39, 0.29) is 23.3 Å². The average Bonchev–Trinajstić information content (AvgIpc) is 3.44. The van der Waals surface area contributed by atoms with Gasteiger partial charge in [-0.3, -0.25) is 4.79 Å². The van der Waals surface area contributed by atoms with E-state index >= 15 is 0 Å². The van der Waals surface area contributed by atoms with Crippen LogP contribution in [0.3, 0.4) is 0 Å². The molecule has 0 radical (unpaired) electrons. The number of carbonyl (C=O) groups is 1. The number of halogens is 2. The van der Waals surface area contributed by atoms with E-state index in [1.165, 1.54) is 6.07 Å². The summed E-state index contributed by atoms with van der Waals surface area (Å²) in [6, 6.07) is 10.6. The molecule has 1 amide bonds. The van der Waals surface area contributed by atoms with Gasteiger partial charge in [0.15, 0.2) is 5.01 Å². The highest BCUT2D eigenvalue weighted by Gasteiger charge is 2.40. The summed E-state index contributed by atoms with van der Waals surface area (Å²) in [6.07, 6.45) is 4.56. The van der Waals surface area contributed by atoms with Crippen molar-refractivity contribution in [1.29, 1.82) is 0 Å². The van der Waals surface area contributed by atoms with Crippen molar-refractivity contribution in [3.05, 3.63) is 75.1 Å². The highest BCUT2D eigenvalue weighted by molar-refractivity contribution is 7.18. The Labute approximate surface area is 180 Å². The Balaban J connectivity index is 1.49. The van der Waals surface area contributed by atoms with Crippen molar-refractivity contribution in [3.8, 4) is 11.3 Å². The summed E-state index contributed by atoms with van der Waals surface area (Å²) >= 11 is 7.53. The van der Waals surface area contributed by atoms with Gasteiger partial charge in [-0.05, 0) is 42.2 Å². The van der Waals surface area contributed by atoms with Crippen LogP contribution in [0.1, 0.15) is 27.3 Å². The highest BCUT2D eigenvalue weighted by atomic mass is 35.5. The van der Waals surface area contributed by atoms with Gasteiger partial charge in [0.2, 0.25) is 0 Å². The van der Waals surface area contributed by atoms with E-state index in [4.69, 9.17) is 17.3 Å². The summed E-state index contributed by atoms with van der Waals surface area (Å²) in [7, 11) is 0. The Hall–Kier alpha value is -2.81. The summed E-state index contributed by atoms with van der Waals surface area (Å²) in [6.45, 7) is 0.162. The number of amides is 1. The predicted octanol–water partition coefficient (Wildman–Crippen LogP) is 3.78. The Morgan fingerprint density at radius 2 is 2.20 bits per heavy atom. The third-order valence-corrected chi connectivity index (χ3v) is 6.85. The molecule has 1 unspecified atom stereocenters. The molecule has 0 bridgehead atoms. The van der Waals surface area contributed by atoms with Crippen LogP contribution in [0, 0.1) is 5.82 Å². The van der Waals surface area contributed by atoms with Crippen LogP contribution >= 0.6 is 22.9 Å². The molecule has 4 aromatic rings. The molecular weight excluding hydrogens is 425 g/mol. The highest BCUT2D eigenvalue weighted by Crippen LogP contribution is 2.39. The zero-order chi connectivity index (χ0) is 20.9. The smallest absolute Gasteiger partial charge is 0.281 e. The lowest BCUT2D eigenvalue weighted by Crippen LogP contribution is -2.49. The lowest BCUT2D eigenvalue weighted by molar-refractivity contribution is 0.0899. The van der Waals surface area contributed by atoms with E-state index in [2.05, 4.69) is 15.4 Å². The van der Waals surface area contributed by atoms with Crippen LogP contribution in [0.15, 0.2) is 48.8 Å². The molecule has 3 heterocycles. The Bertz CT molecular complexity index is 1290. The van der Waals surface area contributed by atoms with Gasteiger partial charge in [0.1, 0.15) is 15.8 Å². The first kappa shape index (κ1) is 19.2. The number of benzene rings is 1. The molecule has 5 rings (SSSR count). The van der Waals surface area contributed by atoms with Crippen molar-refractivity contribution in [3.63, 3.8) is 0 Å². The van der Waals surface area contributed by atoms with Gasteiger partial charge in [-0.15, -0.1) is 0 Å². The fourth-order valence-electron chi connectivity index (χ4n) is 4.08. The second-order valence-corrected chi connectivity index (χ2v) is 8.84. The van der Waals surface area contributed by atoms with Gasteiger partial charge in [-0.1, -0.05) is 41.1 Å². The van der Waals surface area contributed by atoms with Gasteiger partial charge in [-0.2, -0.15) is 5.10 Å². The summed E-state index contributed by atoms with van der Waals surface area (Å²) < 4.78 is 16.3. The second kappa shape index (κ2) is 7.16. The average molecular weight is 442 g/mol. The van der Waals surface area contributed by atoms with Gasteiger partial charge in [0.25, 0.3) is 5.91 Å². The Morgan fingerprint density at radius 1 is 1.33 bits per heavy atom. The number of thiazole rings is 1. The normalized spacial score (nSPS) is 18.0. The topological polar surface area (TPSA) is 85.3 Å². The number of fused-ring (bicyclic) bond motifs is 2. The maximum atomic E-state index is 14.2. The first-order chi connectivity index (χ1) is 14.5. The number of nitrogens with two attached hydrogens (primary N) is 1. The standard InChI is InChI=1S/C21H17ClFN5OS/c22-18-17(13-10-25-28-9-2-1-6-16(13)28)26-20(30-18)19(29)27-21(11-24)8-7-12-14(21)4-3-5-15(12)23/h1-6,9-10H,7-8,11,24H2,(H,27,29). The van der Waals surface area contributed by atoms with E-state index in [1.807, 2.05) is 30.5 Å². The fraction of sp³-hybridized carbons (Fsp3) is 0.190. The van der Waals surface area contributed by atoms with Crippen LogP contribution in [-0.4, -0.2) is 27.0 Å². The molecule has 152 valence electrons. The number of rotatable bonds is 4. The molecule has 0 aliphatic heterocycles. The first-order valence-corrected chi connectivity index (χ1v) is 10.6. The molecule has 0 spiro atoms. The molecule has 1 aliphatic carbocycles. The van der Waals surface area contributed by atoms with Gasteiger partial charge >= 0.3 is 0 Å². The van der Waals surface area contributed by atoms with Crippen molar-refractivity contribution in [1.82, 2.24) is 19.9 Å². The summed E-state index contributed by atoms with van der Waals surface area (Å²) in [4.78, 5) is 17.6. The van der Waals surface area contributed by atoms with Crippen LogP contribution < -0.4 is 11.1 Å². The molecule has 9 heteroatoms. The molecule has 0 saturated heterocycles. The van der Waals surface area contributed by atoms with E-state index in [9.17, 15) is 9.18 Å².